The molecule has 0 aliphatic carbocycles. The smallest absolute Gasteiger partial charge is 0.244 e. The lowest BCUT2D eigenvalue weighted by Gasteiger charge is -2.33. The summed E-state index contributed by atoms with van der Waals surface area (Å²) in [6.07, 6.45) is 0. The van der Waals surface area contributed by atoms with Gasteiger partial charge in [0.2, 0.25) is 15.9 Å². The second kappa shape index (κ2) is 5.79. The van der Waals surface area contributed by atoms with Crippen LogP contribution in [0.2, 0.25) is 0 Å². The predicted molar refractivity (Wildman–Crippen MR) is 72.1 cm³/mol. The summed E-state index contributed by atoms with van der Waals surface area (Å²) in [5, 5.41) is 8.95. The SMILES string of the molecule is CC(=O)N1CCN(S(=O)(=O)c2cccc(F)c2C#N)CC1. The highest BCUT2D eigenvalue weighted by molar-refractivity contribution is 7.89. The van der Waals surface area contributed by atoms with E-state index in [2.05, 4.69) is 0 Å². The van der Waals surface area contributed by atoms with Gasteiger partial charge in [0.15, 0.2) is 0 Å². The predicted octanol–water partition coefficient (Wildman–Crippen LogP) is 0.550. The second-order valence-electron chi connectivity index (χ2n) is 4.63. The average molecular weight is 311 g/mol. The molecule has 1 saturated heterocycles. The molecule has 0 N–H and O–H groups in total. The number of carbonyl (C=O) groups is 1. The third kappa shape index (κ3) is 2.89. The van der Waals surface area contributed by atoms with Gasteiger partial charge >= 0.3 is 0 Å². The van der Waals surface area contributed by atoms with Gasteiger partial charge in [-0.3, -0.25) is 4.79 Å². The third-order valence-corrected chi connectivity index (χ3v) is 5.33. The maximum atomic E-state index is 13.6. The lowest BCUT2D eigenvalue weighted by molar-refractivity contribution is -0.129. The van der Waals surface area contributed by atoms with Crippen LogP contribution in [0.15, 0.2) is 23.1 Å². The largest absolute Gasteiger partial charge is 0.340 e. The van der Waals surface area contributed by atoms with Crippen LogP contribution < -0.4 is 0 Å². The molecule has 6 nitrogen and oxygen atoms in total. The minimum Gasteiger partial charge on any atom is -0.340 e. The van der Waals surface area contributed by atoms with Gasteiger partial charge in [-0.05, 0) is 12.1 Å². The molecule has 1 aliphatic heterocycles. The van der Waals surface area contributed by atoms with Crippen LogP contribution in [-0.2, 0) is 14.8 Å². The van der Waals surface area contributed by atoms with E-state index in [1.807, 2.05) is 0 Å². The Hall–Kier alpha value is -1.98. The van der Waals surface area contributed by atoms with Crippen molar-refractivity contribution < 1.29 is 17.6 Å². The molecular formula is C13H14FN3O3S. The quantitative estimate of drug-likeness (QED) is 0.799. The van der Waals surface area contributed by atoms with Crippen LogP contribution in [0.25, 0.3) is 0 Å². The van der Waals surface area contributed by atoms with Crippen LogP contribution in [0.4, 0.5) is 4.39 Å². The van der Waals surface area contributed by atoms with Crippen LogP contribution in [-0.4, -0.2) is 49.7 Å². The molecule has 1 amide bonds. The van der Waals surface area contributed by atoms with E-state index in [9.17, 15) is 17.6 Å². The Bertz CT molecular complexity index is 704. The number of hydrogen-bond donors (Lipinski definition) is 0. The molecule has 0 aromatic heterocycles. The summed E-state index contributed by atoms with van der Waals surface area (Å²) in [4.78, 5) is 12.4. The van der Waals surface area contributed by atoms with E-state index in [4.69, 9.17) is 5.26 Å². The summed E-state index contributed by atoms with van der Waals surface area (Å²) in [6.45, 7) is 2.24. The summed E-state index contributed by atoms with van der Waals surface area (Å²) >= 11 is 0. The van der Waals surface area contributed by atoms with Gasteiger partial charge in [-0.1, -0.05) is 6.07 Å². The Morgan fingerprint density at radius 1 is 1.29 bits per heavy atom. The van der Waals surface area contributed by atoms with Crippen LogP contribution in [0.5, 0.6) is 0 Å². The van der Waals surface area contributed by atoms with E-state index >= 15 is 0 Å². The zero-order valence-electron chi connectivity index (χ0n) is 11.4. The third-order valence-electron chi connectivity index (χ3n) is 3.39. The van der Waals surface area contributed by atoms with Gasteiger partial charge in [0, 0.05) is 33.1 Å². The standard InChI is InChI=1S/C13H14FN3O3S/c1-10(18)16-5-7-17(8-6-16)21(19,20)13-4-2-3-12(14)11(13)9-15/h2-4H,5-8H2,1H3. The number of nitrogens with zero attached hydrogens (tertiary/aromatic N) is 3. The van der Waals surface area contributed by atoms with Gasteiger partial charge in [0.05, 0.1) is 0 Å². The van der Waals surface area contributed by atoms with Crippen molar-refractivity contribution in [2.45, 2.75) is 11.8 Å². The highest BCUT2D eigenvalue weighted by Crippen LogP contribution is 2.23. The van der Waals surface area contributed by atoms with Crippen LogP contribution >= 0.6 is 0 Å². The first-order valence-electron chi connectivity index (χ1n) is 6.32. The van der Waals surface area contributed by atoms with Gasteiger partial charge in [-0.25, -0.2) is 12.8 Å². The first-order valence-corrected chi connectivity index (χ1v) is 7.76. The first kappa shape index (κ1) is 15.4. The highest BCUT2D eigenvalue weighted by Gasteiger charge is 2.31. The van der Waals surface area contributed by atoms with E-state index in [0.717, 1.165) is 6.07 Å². The normalized spacial score (nSPS) is 16.5. The summed E-state index contributed by atoms with van der Waals surface area (Å²) in [6, 6.07) is 5.11. The van der Waals surface area contributed by atoms with Crippen LogP contribution in [0.3, 0.4) is 0 Å². The van der Waals surface area contributed by atoms with Crippen molar-refractivity contribution in [1.82, 2.24) is 9.21 Å². The van der Waals surface area contributed by atoms with Crippen molar-refractivity contribution in [3.05, 3.63) is 29.6 Å². The van der Waals surface area contributed by atoms with Crippen LogP contribution in [0, 0.1) is 17.1 Å². The number of rotatable bonds is 2. The molecule has 112 valence electrons. The Labute approximate surface area is 122 Å². The summed E-state index contributed by atoms with van der Waals surface area (Å²) < 4.78 is 39.7. The maximum absolute atomic E-state index is 13.6. The minimum absolute atomic E-state index is 0.115. The highest BCUT2D eigenvalue weighted by atomic mass is 32.2. The molecule has 21 heavy (non-hydrogen) atoms. The minimum atomic E-state index is -3.94. The van der Waals surface area contributed by atoms with Crippen molar-refractivity contribution >= 4 is 15.9 Å². The molecule has 1 aromatic carbocycles. The number of carbonyl (C=O) groups excluding carboxylic acids is 1. The van der Waals surface area contributed by atoms with Gasteiger partial charge in [-0.15, -0.1) is 0 Å². The summed E-state index contributed by atoms with van der Waals surface area (Å²) in [5.74, 6) is -0.975. The molecule has 0 atom stereocenters. The number of benzene rings is 1. The number of nitriles is 1. The molecule has 0 radical (unpaired) electrons. The summed E-state index contributed by atoms with van der Waals surface area (Å²) in [5.41, 5.74) is -0.480. The second-order valence-corrected chi connectivity index (χ2v) is 6.54. The fourth-order valence-electron chi connectivity index (χ4n) is 2.21. The number of amides is 1. The van der Waals surface area contributed by atoms with Gasteiger partial charge in [0.1, 0.15) is 22.3 Å². The van der Waals surface area contributed by atoms with E-state index in [1.165, 1.54) is 23.4 Å². The molecule has 0 unspecified atom stereocenters. The topological polar surface area (TPSA) is 81.5 Å². The van der Waals surface area contributed by atoms with Crippen LogP contribution in [0.1, 0.15) is 12.5 Å². The molecule has 0 spiro atoms. The summed E-state index contributed by atoms with van der Waals surface area (Å²) in [7, 11) is -3.94. The van der Waals surface area contributed by atoms with E-state index in [1.54, 1.807) is 11.0 Å². The molecule has 1 aliphatic rings. The number of sulfonamides is 1. The zero-order chi connectivity index (χ0) is 15.6. The number of halogens is 1. The fraction of sp³-hybridized carbons (Fsp3) is 0.385. The van der Waals surface area contributed by atoms with Crippen molar-refractivity contribution in [3.63, 3.8) is 0 Å². The molecular weight excluding hydrogens is 297 g/mol. The van der Waals surface area contributed by atoms with Crippen molar-refractivity contribution in [3.8, 4) is 6.07 Å². The molecule has 1 heterocycles. The maximum Gasteiger partial charge on any atom is 0.244 e. The van der Waals surface area contributed by atoms with Crippen molar-refractivity contribution in [2.75, 3.05) is 26.2 Å². The lowest BCUT2D eigenvalue weighted by atomic mass is 10.2. The molecule has 1 fully saturated rings. The monoisotopic (exact) mass is 311 g/mol. The molecule has 0 bridgehead atoms. The van der Waals surface area contributed by atoms with Gasteiger partial charge < -0.3 is 4.90 Å². The Morgan fingerprint density at radius 2 is 1.90 bits per heavy atom. The van der Waals surface area contributed by atoms with Crippen molar-refractivity contribution in [2.24, 2.45) is 0 Å². The fourth-order valence-corrected chi connectivity index (χ4v) is 3.78. The molecule has 1 aromatic rings. The zero-order valence-corrected chi connectivity index (χ0v) is 12.2. The van der Waals surface area contributed by atoms with E-state index in [0.29, 0.717) is 0 Å². The van der Waals surface area contributed by atoms with Gasteiger partial charge in [0.25, 0.3) is 0 Å². The first-order chi connectivity index (χ1) is 9.87. The molecule has 8 heteroatoms. The Kier molecular flexibility index (Phi) is 4.25. The molecule has 2 rings (SSSR count). The van der Waals surface area contributed by atoms with E-state index < -0.39 is 21.4 Å². The van der Waals surface area contributed by atoms with Gasteiger partial charge in [-0.2, -0.15) is 9.57 Å². The lowest BCUT2D eigenvalue weighted by Crippen LogP contribution is -2.50. The molecule has 0 saturated carbocycles. The Morgan fingerprint density at radius 3 is 2.43 bits per heavy atom. The number of hydrogen-bond acceptors (Lipinski definition) is 4. The Balaban J connectivity index is 2.31. The van der Waals surface area contributed by atoms with E-state index in [-0.39, 0.29) is 37.0 Å². The van der Waals surface area contributed by atoms with Crippen molar-refractivity contribution in [1.29, 1.82) is 5.26 Å². The average Bonchev–Trinajstić information content (AvgIpc) is 2.47. The number of piperazine rings is 1.